The minimum Gasteiger partial charge on any atom is -0.295 e. The Morgan fingerprint density at radius 3 is 2.56 bits per heavy atom. The maximum Gasteiger partial charge on any atom is 0.274 e. The molecule has 0 spiro atoms. The topological polar surface area (TPSA) is 37.8 Å². The Balaban J connectivity index is 2.62. The molecule has 0 unspecified atom stereocenters. The van der Waals surface area contributed by atoms with Crippen LogP contribution in [-0.2, 0) is 0 Å². The van der Waals surface area contributed by atoms with Crippen LogP contribution in [0, 0.1) is 12.7 Å². The van der Waals surface area contributed by atoms with Gasteiger partial charge in [-0.1, -0.05) is 25.4 Å². The first kappa shape index (κ1) is 12.9. The SMILES string of the molecule is Cc1[nH]n(-c2ccc(Cl)c(F)c2)c(=O)c1C(C)C. The Morgan fingerprint density at radius 2 is 2.06 bits per heavy atom. The van der Waals surface area contributed by atoms with Crippen LogP contribution in [0.25, 0.3) is 5.69 Å². The first-order valence-electron chi connectivity index (χ1n) is 5.68. The molecule has 0 aliphatic carbocycles. The van der Waals surface area contributed by atoms with Gasteiger partial charge in [-0.15, -0.1) is 0 Å². The molecule has 0 bridgehead atoms. The fourth-order valence-electron chi connectivity index (χ4n) is 2.05. The molecule has 0 fully saturated rings. The van der Waals surface area contributed by atoms with Gasteiger partial charge in [-0.05, 0) is 25.0 Å². The number of H-pyrrole nitrogens is 1. The molecule has 2 rings (SSSR count). The molecule has 2 aromatic rings. The van der Waals surface area contributed by atoms with E-state index < -0.39 is 5.82 Å². The van der Waals surface area contributed by atoms with E-state index in [1.54, 1.807) is 6.07 Å². The number of aromatic amines is 1. The van der Waals surface area contributed by atoms with Gasteiger partial charge >= 0.3 is 0 Å². The third kappa shape index (κ3) is 2.08. The minimum atomic E-state index is -0.542. The largest absolute Gasteiger partial charge is 0.295 e. The van der Waals surface area contributed by atoms with Crippen LogP contribution in [0.4, 0.5) is 4.39 Å². The van der Waals surface area contributed by atoms with Crippen molar-refractivity contribution in [3.63, 3.8) is 0 Å². The van der Waals surface area contributed by atoms with Crippen LogP contribution in [-0.4, -0.2) is 9.78 Å². The van der Waals surface area contributed by atoms with Crippen molar-refractivity contribution in [1.29, 1.82) is 0 Å². The van der Waals surface area contributed by atoms with Gasteiger partial charge in [0.15, 0.2) is 0 Å². The first-order chi connectivity index (χ1) is 8.41. The molecule has 0 aliphatic heterocycles. The molecule has 0 amide bonds. The lowest BCUT2D eigenvalue weighted by Gasteiger charge is -2.02. The maximum atomic E-state index is 13.4. The fourth-order valence-corrected chi connectivity index (χ4v) is 2.16. The van der Waals surface area contributed by atoms with Gasteiger partial charge in [0, 0.05) is 17.3 Å². The number of rotatable bonds is 2. The lowest BCUT2D eigenvalue weighted by molar-refractivity contribution is 0.625. The second-order valence-electron chi connectivity index (χ2n) is 4.54. The Kier molecular flexibility index (Phi) is 3.30. The second kappa shape index (κ2) is 4.61. The zero-order valence-electron chi connectivity index (χ0n) is 10.4. The molecule has 5 heteroatoms. The fraction of sp³-hybridized carbons (Fsp3) is 0.308. The Hall–Kier alpha value is -1.55. The molecule has 1 aromatic heterocycles. The van der Waals surface area contributed by atoms with Crippen molar-refractivity contribution in [2.75, 3.05) is 0 Å². The molecule has 1 N–H and O–H groups in total. The summed E-state index contributed by atoms with van der Waals surface area (Å²) in [5.41, 5.74) is 1.80. The van der Waals surface area contributed by atoms with Crippen molar-refractivity contribution in [2.24, 2.45) is 0 Å². The van der Waals surface area contributed by atoms with E-state index in [4.69, 9.17) is 11.6 Å². The molecule has 0 atom stereocenters. The zero-order chi connectivity index (χ0) is 13.4. The molecule has 18 heavy (non-hydrogen) atoms. The molecule has 0 radical (unpaired) electrons. The smallest absolute Gasteiger partial charge is 0.274 e. The summed E-state index contributed by atoms with van der Waals surface area (Å²) in [6, 6.07) is 4.28. The van der Waals surface area contributed by atoms with Gasteiger partial charge in [0.1, 0.15) is 5.82 Å². The highest BCUT2D eigenvalue weighted by molar-refractivity contribution is 6.30. The summed E-state index contributed by atoms with van der Waals surface area (Å²) < 4.78 is 14.7. The molecular formula is C13H14ClFN2O. The van der Waals surface area contributed by atoms with E-state index in [0.717, 1.165) is 5.69 Å². The molecule has 0 aliphatic rings. The average Bonchev–Trinajstić information content (AvgIpc) is 2.58. The molecule has 3 nitrogen and oxygen atoms in total. The van der Waals surface area contributed by atoms with Crippen molar-refractivity contribution in [3.05, 3.63) is 50.7 Å². The summed E-state index contributed by atoms with van der Waals surface area (Å²) in [7, 11) is 0. The van der Waals surface area contributed by atoms with Gasteiger partial charge in [0.25, 0.3) is 5.56 Å². The van der Waals surface area contributed by atoms with Crippen LogP contribution >= 0.6 is 11.6 Å². The van der Waals surface area contributed by atoms with E-state index in [1.807, 2.05) is 20.8 Å². The highest BCUT2D eigenvalue weighted by Crippen LogP contribution is 2.19. The summed E-state index contributed by atoms with van der Waals surface area (Å²) in [6.07, 6.45) is 0. The zero-order valence-corrected chi connectivity index (χ0v) is 11.2. The number of aryl methyl sites for hydroxylation is 1. The summed E-state index contributed by atoms with van der Waals surface area (Å²) >= 11 is 5.62. The van der Waals surface area contributed by atoms with Gasteiger partial charge in [0.05, 0.1) is 10.7 Å². The van der Waals surface area contributed by atoms with Gasteiger partial charge in [-0.2, -0.15) is 0 Å². The van der Waals surface area contributed by atoms with Crippen molar-refractivity contribution in [1.82, 2.24) is 9.78 Å². The van der Waals surface area contributed by atoms with Gasteiger partial charge in [0.2, 0.25) is 0 Å². The lowest BCUT2D eigenvalue weighted by Crippen LogP contribution is -2.18. The number of nitrogens with one attached hydrogen (secondary N) is 1. The van der Waals surface area contributed by atoms with E-state index in [0.29, 0.717) is 11.3 Å². The maximum absolute atomic E-state index is 13.4. The Morgan fingerprint density at radius 1 is 1.39 bits per heavy atom. The predicted molar refractivity (Wildman–Crippen MR) is 70.2 cm³/mol. The summed E-state index contributed by atoms with van der Waals surface area (Å²) in [5.74, 6) is -0.424. The highest BCUT2D eigenvalue weighted by Gasteiger charge is 2.15. The number of hydrogen-bond donors (Lipinski definition) is 1. The van der Waals surface area contributed by atoms with Crippen LogP contribution in [0.3, 0.4) is 0 Å². The number of halogens is 2. The highest BCUT2D eigenvalue weighted by atomic mass is 35.5. The van der Waals surface area contributed by atoms with Gasteiger partial charge in [-0.3, -0.25) is 9.89 Å². The molecule has 1 aromatic carbocycles. The van der Waals surface area contributed by atoms with E-state index in [2.05, 4.69) is 5.10 Å². The monoisotopic (exact) mass is 268 g/mol. The molecule has 0 saturated carbocycles. The Labute approximate surface area is 109 Å². The minimum absolute atomic E-state index is 0.0409. The van der Waals surface area contributed by atoms with Gasteiger partial charge in [-0.25, -0.2) is 9.07 Å². The quantitative estimate of drug-likeness (QED) is 0.891. The van der Waals surface area contributed by atoms with Crippen LogP contribution in [0.1, 0.15) is 31.0 Å². The Bertz CT molecular complexity index is 643. The third-order valence-electron chi connectivity index (χ3n) is 2.86. The van der Waals surface area contributed by atoms with E-state index in [-0.39, 0.29) is 16.5 Å². The van der Waals surface area contributed by atoms with Crippen LogP contribution < -0.4 is 5.56 Å². The van der Waals surface area contributed by atoms with Crippen LogP contribution in [0.15, 0.2) is 23.0 Å². The second-order valence-corrected chi connectivity index (χ2v) is 4.95. The van der Waals surface area contributed by atoms with E-state index >= 15 is 0 Å². The normalized spacial score (nSPS) is 11.2. The average molecular weight is 269 g/mol. The number of hydrogen-bond acceptors (Lipinski definition) is 1. The lowest BCUT2D eigenvalue weighted by atomic mass is 10.1. The third-order valence-corrected chi connectivity index (χ3v) is 3.16. The first-order valence-corrected chi connectivity index (χ1v) is 6.06. The number of aromatic nitrogens is 2. The molecule has 96 valence electrons. The van der Waals surface area contributed by atoms with Crippen molar-refractivity contribution in [3.8, 4) is 5.69 Å². The standard InChI is InChI=1S/C13H14ClFN2O/c1-7(2)12-8(3)16-17(13(12)18)9-4-5-10(14)11(15)6-9/h4-7,16H,1-3H3. The van der Waals surface area contributed by atoms with Crippen molar-refractivity contribution in [2.45, 2.75) is 26.7 Å². The summed E-state index contributed by atoms with van der Waals surface area (Å²) in [4.78, 5) is 12.2. The molecule has 1 heterocycles. The van der Waals surface area contributed by atoms with Crippen LogP contribution in [0.2, 0.25) is 5.02 Å². The van der Waals surface area contributed by atoms with Crippen LogP contribution in [0.5, 0.6) is 0 Å². The number of benzene rings is 1. The van der Waals surface area contributed by atoms with Gasteiger partial charge < -0.3 is 0 Å². The van der Waals surface area contributed by atoms with E-state index in [9.17, 15) is 9.18 Å². The summed E-state index contributed by atoms with van der Waals surface area (Å²) in [5, 5.41) is 2.99. The van der Waals surface area contributed by atoms with E-state index in [1.165, 1.54) is 16.8 Å². The number of nitrogens with zero attached hydrogens (tertiary/aromatic N) is 1. The van der Waals surface area contributed by atoms with Crippen molar-refractivity contribution >= 4 is 11.6 Å². The molecule has 0 saturated heterocycles. The molecular weight excluding hydrogens is 255 g/mol. The summed E-state index contributed by atoms with van der Waals surface area (Å²) in [6.45, 7) is 5.73. The predicted octanol–water partition coefficient (Wildman–Crippen LogP) is 3.39. The van der Waals surface area contributed by atoms with Crippen molar-refractivity contribution < 1.29 is 4.39 Å².